The highest BCUT2D eigenvalue weighted by Gasteiger charge is 2.52. The van der Waals surface area contributed by atoms with E-state index in [0.717, 1.165) is 20.6 Å². The van der Waals surface area contributed by atoms with E-state index < -0.39 is 18.3 Å². The van der Waals surface area contributed by atoms with E-state index in [9.17, 15) is 13.2 Å². The molecule has 0 aliphatic carbocycles. The van der Waals surface area contributed by atoms with E-state index in [1.807, 2.05) is 27.7 Å². The van der Waals surface area contributed by atoms with Crippen LogP contribution < -0.4 is 5.46 Å². The largest absolute Gasteiger partial charge is 0.495 e. The summed E-state index contributed by atoms with van der Waals surface area (Å²) >= 11 is 9.48. The number of alkyl halides is 1. The van der Waals surface area contributed by atoms with Gasteiger partial charge in [-0.15, -0.1) is 0 Å². The Kier molecular flexibility index (Phi) is 17.6. The minimum Gasteiger partial charge on any atom is -0.399 e. The van der Waals surface area contributed by atoms with Gasteiger partial charge in [0.2, 0.25) is 0 Å². The van der Waals surface area contributed by atoms with Crippen LogP contribution in [0.5, 0.6) is 0 Å². The van der Waals surface area contributed by atoms with E-state index in [0.29, 0.717) is 44.9 Å². The normalized spacial score (nSPS) is 14.0. The number of rotatable bonds is 6. The smallest absolute Gasteiger partial charge is 0.399 e. The lowest BCUT2D eigenvalue weighted by atomic mass is 9.77. The second-order valence-electron chi connectivity index (χ2n) is 12.2. The highest BCUT2D eigenvalue weighted by molar-refractivity contribution is 9.11. The first-order chi connectivity index (χ1) is 24.2. The first kappa shape index (κ1) is 46.3. The molecule has 1 saturated heterocycles. The number of aromatic nitrogens is 6. The Morgan fingerprint density at radius 2 is 1.15 bits per heavy atom. The second kappa shape index (κ2) is 20.2. The Morgan fingerprint density at radius 1 is 0.698 bits per heavy atom. The molecule has 18 heteroatoms. The molecule has 0 amide bonds. The maximum Gasteiger partial charge on any atom is 0.495 e. The Balaban J connectivity index is 0.000000271. The molecule has 1 fully saturated rings. The molecule has 7 rings (SSSR count). The molecule has 290 valence electrons. The van der Waals surface area contributed by atoms with E-state index in [4.69, 9.17) is 24.6 Å². The standard InChI is InChI=1S/C15H20BFN2O3.C9H8BrFN2O.C7H4BrFN2.C2H5BrO.2CH4/c1-14(2)15(3,4)22-16(21-14)12-7-10(17)8-13-11(12)9-18-19(13)5-6-20;10-8-3-6(11)4-9-7(8)5-12-13(9)1-2-14;8-6-1-4(9)2-7-5(6)3-10-11-7;3-1-2-4;;/h7-9,20H,5-6H2,1-4H3;3-5,14H,1-2H2;1-3H,(H,10,11);4H,1-2H2;2*1H4. The average molecular weight is 937 g/mol. The third-order valence-electron chi connectivity index (χ3n) is 8.12. The van der Waals surface area contributed by atoms with Crippen molar-refractivity contribution in [1.29, 1.82) is 0 Å². The van der Waals surface area contributed by atoms with Crippen LogP contribution in [0.1, 0.15) is 42.5 Å². The van der Waals surface area contributed by atoms with Crippen molar-refractivity contribution in [3.05, 3.63) is 81.4 Å². The van der Waals surface area contributed by atoms with Crippen molar-refractivity contribution in [3.63, 3.8) is 0 Å². The molecule has 1 aliphatic rings. The fraction of sp³-hybridized carbons (Fsp3) is 0.400. The molecule has 3 aromatic carbocycles. The van der Waals surface area contributed by atoms with E-state index >= 15 is 0 Å². The first-order valence-corrected chi connectivity index (χ1v) is 18.3. The molecule has 11 nitrogen and oxygen atoms in total. The van der Waals surface area contributed by atoms with E-state index in [-0.39, 0.29) is 52.1 Å². The van der Waals surface area contributed by atoms with Gasteiger partial charge in [0.15, 0.2) is 0 Å². The lowest BCUT2D eigenvalue weighted by molar-refractivity contribution is 0.00578. The first-order valence-electron chi connectivity index (χ1n) is 15.6. The number of aliphatic hydroxyl groups is 3. The van der Waals surface area contributed by atoms with Crippen molar-refractivity contribution in [2.45, 2.75) is 66.8 Å². The summed E-state index contributed by atoms with van der Waals surface area (Å²) in [5.74, 6) is -0.963. The number of hydrogen-bond donors (Lipinski definition) is 4. The van der Waals surface area contributed by atoms with Crippen LogP contribution in [0.2, 0.25) is 0 Å². The number of aliphatic hydroxyl groups excluding tert-OH is 3. The second-order valence-corrected chi connectivity index (χ2v) is 14.7. The molecule has 4 N–H and O–H groups in total. The number of halogens is 6. The lowest BCUT2D eigenvalue weighted by Gasteiger charge is -2.32. The Morgan fingerprint density at radius 3 is 1.66 bits per heavy atom. The summed E-state index contributed by atoms with van der Waals surface area (Å²) in [6, 6.07) is 8.46. The lowest BCUT2D eigenvalue weighted by Crippen LogP contribution is -2.41. The molecule has 53 heavy (non-hydrogen) atoms. The van der Waals surface area contributed by atoms with Crippen LogP contribution >= 0.6 is 47.8 Å². The minimum absolute atomic E-state index is 0. The van der Waals surface area contributed by atoms with Crippen molar-refractivity contribution in [1.82, 2.24) is 29.8 Å². The Bertz CT molecular complexity index is 2060. The van der Waals surface area contributed by atoms with E-state index in [1.165, 1.54) is 36.4 Å². The third kappa shape index (κ3) is 11.1. The van der Waals surface area contributed by atoms with Gasteiger partial charge in [-0.1, -0.05) is 30.8 Å². The number of hydrogen-bond acceptors (Lipinski definition) is 8. The predicted octanol–water partition coefficient (Wildman–Crippen LogP) is 7.51. The molecule has 0 unspecified atom stereocenters. The van der Waals surface area contributed by atoms with Crippen LogP contribution in [0.15, 0.2) is 63.9 Å². The highest BCUT2D eigenvalue weighted by atomic mass is 79.9. The summed E-state index contributed by atoms with van der Waals surface area (Å²) in [6.45, 7) is 8.69. The quantitative estimate of drug-likeness (QED) is 0.0994. The van der Waals surface area contributed by atoms with E-state index in [2.05, 4.69) is 68.2 Å². The summed E-state index contributed by atoms with van der Waals surface area (Å²) in [5, 5.41) is 43.6. The van der Waals surface area contributed by atoms with Crippen LogP contribution in [0, 0.1) is 17.5 Å². The summed E-state index contributed by atoms with van der Waals surface area (Å²) in [6.07, 6.45) is 4.96. The summed E-state index contributed by atoms with van der Waals surface area (Å²) in [5.41, 5.74) is 1.66. The number of nitrogens with one attached hydrogen (secondary N) is 1. The van der Waals surface area contributed by atoms with Crippen LogP contribution in [0.25, 0.3) is 32.7 Å². The van der Waals surface area contributed by atoms with Crippen molar-refractivity contribution in [2.75, 3.05) is 25.2 Å². The highest BCUT2D eigenvalue weighted by Crippen LogP contribution is 2.37. The van der Waals surface area contributed by atoms with Crippen molar-refractivity contribution in [2.24, 2.45) is 0 Å². The van der Waals surface area contributed by atoms with Crippen molar-refractivity contribution < 1.29 is 37.8 Å². The van der Waals surface area contributed by atoms with Gasteiger partial charge in [-0.05, 0) is 101 Å². The van der Waals surface area contributed by atoms with Gasteiger partial charge in [0.25, 0.3) is 0 Å². The number of benzene rings is 3. The number of H-pyrrole nitrogens is 1. The molecule has 6 aromatic rings. The fourth-order valence-electron chi connectivity index (χ4n) is 4.96. The molecule has 0 spiro atoms. The van der Waals surface area contributed by atoms with Crippen LogP contribution in [0.4, 0.5) is 13.2 Å². The Hall–Kier alpha value is -2.84. The fourth-order valence-corrected chi connectivity index (χ4v) is 6.01. The Labute approximate surface area is 332 Å². The van der Waals surface area contributed by atoms with Gasteiger partial charge in [-0.3, -0.25) is 14.5 Å². The zero-order valence-electron chi connectivity index (χ0n) is 28.2. The molecule has 4 heterocycles. The number of fused-ring (bicyclic) bond motifs is 3. The predicted molar refractivity (Wildman–Crippen MR) is 215 cm³/mol. The van der Waals surface area contributed by atoms with E-state index in [1.54, 1.807) is 28.0 Å². The molecular formula is C35H45BBr3F3N6O5. The van der Waals surface area contributed by atoms with Gasteiger partial charge in [0, 0.05) is 30.4 Å². The van der Waals surface area contributed by atoms with Gasteiger partial charge in [-0.25, -0.2) is 13.2 Å². The average Bonchev–Trinajstić information content (AvgIpc) is 3.84. The van der Waals surface area contributed by atoms with Crippen LogP contribution in [-0.2, 0) is 22.4 Å². The monoisotopic (exact) mass is 934 g/mol. The van der Waals surface area contributed by atoms with Gasteiger partial charge >= 0.3 is 7.12 Å². The van der Waals surface area contributed by atoms with Crippen molar-refractivity contribution >= 4 is 93.1 Å². The topological polar surface area (TPSA) is 143 Å². The molecule has 0 saturated carbocycles. The number of nitrogens with zero attached hydrogens (tertiary/aromatic N) is 5. The molecule has 1 aliphatic heterocycles. The van der Waals surface area contributed by atoms with Gasteiger partial charge in [0.1, 0.15) is 17.5 Å². The molecule has 0 bridgehead atoms. The van der Waals surface area contributed by atoms with Gasteiger partial charge in [0.05, 0.1) is 79.3 Å². The van der Waals surface area contributed by atoms with Gasteiger partial charge < -0.3 is 24.6 Å². The van der Waals surface area contributed by atoms with Gasteiger partial charge in [-0.2, -0.15) is 15.3 Å². The SMILES string of the molecule is C.C.CC1(C)OB(c2cc(F)cc3c2cnn3CCO)OC1(C)C.Fc1cc(Br)c2cn[nH]c2c1.OCCBr.OCCn1ncc2c(Br)cc(F)cc21. The maximum atomic E-state index is 14.0. The molecule has 3 aromatic heterocycles. The third-order valence-corrected chi connectivity index (χ3v) is 9.79. The summed E-state index contributed by atoms with van der Waals surface area (Å²) in [7, 11) is -0.644. The summed E-state index contributed by atoms with van der Waals surface area (Å²) < 4.78 is 56.3. The minimum atomic E-state index is -0.644. The van der Waals surface area contributed by atoms with Crippen molar-refractivity contribution in [3.8, 4) is 0 Å². The number of aromatic amines is 1. The molecule has 0 radical (unpaired) electrons. The van der Waals surface area contributed by atoms with Crippen LogP contribution in [0.3, 0.4) is 0 Å². The zero-order valence-corrected chi connectivity index (χ0v) is 32.9. The molecule has 0 atom stereocenters. The zero-order chi connectivity index (χ0) is 37.5. The molecular weight excluding hydrogens is 892 g/mol. The summed E-state index contributed by atoms with van der Waals surface area (Å²) in [4.78, 5) is 0. The maximum absolute atomic E-state index is 14.0. The van der Waals surface area contributed by atoms with Crippen LogP contribution in [-0.4, -0.2) is 88.5 Å².